The van der Waals surface area contributed by atoms with Crippen LogP contribution in [0.2, 0.25) is 0 Å². The molecule has 0 heterocycles. The minimum atomic E-state index is -0.222. The smallest absolute Gasteiger partial charge is 0.220 e. The van der Waals surface area contributed by atoms with Gasteiger partial charge in [0.2, 0.25) is 5.91 Å². The highest BCUT2D eigenvalue weighted by Gasteiger charge is 2.27. The van der Waals surface area contributed by atoms with E-state index in [-0.39, 0.29) is 17.6 Å². The van der Waals surface area contributed by atoms with Crippen molar-refractivity contribution in [3.63, 3.8) is 0 Å². The van der Waals surface area contributed by atoms with Crippen LogP contribution in [-0.2, 0) is 9.53 Å². The Kier molecular flexibility index (Phi) is 7.53. The molecular formula is C19H28FNO2. The Morgan fingerprint density at radius 2 is 1.96 bits per heavy atom. The lowest BCUT2D eigenvalue weighted by atomic mass is 9.75. The number of rotatable bonds is 8. The van der Waals surface area contributed by atoms with Crippen molar-refractivity contribution in [2.45, 2.75) is 50.9 Å². The quantitative estimate of drug-likeness (QED) is 0.734. The highest BCUT2D eigenvalue weighted by molar-refractivity contribution is 5.76. The monoisotopic (exact) mass is 321 g/mol. The number of carbonyl (C=O) groups is 1. The average molecular weight is 321 g/mol. The maximum absolute atomic E-state index is 13.2. The molecule has 1 amide bonds. The summed E-state index contributed by atoms with van der Waals surface area (Å²) in [6.07, 6.45) is 7.40. The lowest BCUT2D eigenvalue weighted by Crippen LogP contribution is -2.29. The summed E-state index contributed by atoms with van der Waals surface area (Å²) < 4.78 is 18.2. The molecule has 0 spiro atoms. The van der Waals surface area contributed by atoms with Gasteiger partial charge in [-0.2, -0.15) is 0 Å². The number of hydrogen-bond donors (Lipinski definition) is 1. The van der Waals surface area contributed by atoms with Gasteiger partial charge in [0.1, 0.15) is 5.82 Å². The van der Waals surface area contributed by atoms with Crippen LogP contribution >= 0.6 is 0 Å². The third-order valence-corrected chi connectivity index (χ3v) is 4.77. The molecule has 23 heavy (non-hydrogen) atoms. The molecule has 4 heteroatoms. The van der Waals surface area contributed by atoms with Crippen molar-refractivity contribution in [3.8, 4) is 0 Å². The maximum Gasteiger partial charge on any atom is 0.220 e. The molecule has 0 radical (unpaired) electrons. The number of benzene rings is 1. The van der Waals surface area contributed by atoms with Gasteiger partial charge in [0.05, 0.1) is 0 Å². The van der Waals surface area contributed by atoms with Crippen LogP contribution in [0.5, 0.6) is 0 Å². The third-order valence-electron chi connectivity index (χ3n) is 4.77. The molecule has 1 fully saturated rings. The Morgan fingerprint density at radius 3 is 2.61 bits per heavy atom. The standard InChI is InChI=1S/C19H28FNO2/c1-23-13-5-12-21-19(22)14-18(15-6-3-2-4-7-15)16-8-10-17(20)11-9-16/h8-11,15,18H,2-7,12-14H2,1H3,(H,21,22). The van der Waals surface area contributed by atoms with Gasteiger partial charge in [-0.25, -0.2) is 4.39 Å². The molecule has 1 saturated carbocycles. The van der Waals surface area contributed by atoms with Gasteiger partial charge >= 0.3 is 0 Å². The topological polar surface area (TPSA) is 38.3 Å². The predicted octanol–water partition coefficient (Wildman–Crippen LogP) is 4.03. The van der Waals surface area contributed by atoms with Crippen LogP contribution in [0.4, 0.5) is 4.39 Å². The number of hydrogen-bond acceptors (Lipinski definition) is 2. The molecular weight excluding hydrogens is 293 g/mol. The fourth-order valence-electron chi connectivity index (χ4n) is 3.52. The molecule has 128 valence electrons. The summed E-state index contributed by atoms with van der Waals surface area (Å²) in [6.45, 7) is 1.30. The Labute approximate surface area is 138 Å². The van der Waals surface area contributed by atoms with Crippen LogP contribution in [0.15, 0.2) is 24.3 Å². The number of amides is 1. The molecule has 1 aliphatic carbocycles. The Bertz CT molecular complexity index is 469. The lowest BCUT2D eigenvalue weighted by Gasteiger charge is -2.30. The molecule has 1 aliphatic rings. The summed E-state index contributed by atoms with van der Waals surface area (Å²) >= 11 is 0. The van der Waals surface area contributed by atoms with Crippen molar-refractivity contribution in [3.05, 3.63) is 35.6 Å². The minimum Gasteiger partial charge on any atom is -0.385 e. The zero-order valence-electron chi connectivity index (χ0n) is 14.0. The Balaban J connectivity index is 1.98. The zero-order chi connectivity index (χ0) is 16.5. The van der Waals surface area contributed by atoms with E-state index < -0.39 is 0 Å². The highest BCUT2D eigenvalue weighted by atomic mass is 19.1. The highest BCUT2D eigenvalue weighted by Crippen LogP contribution is 2.38. The first kappa shape index (κ1) is 17.9. The second-order valence-corrected chi connectivity index (χ2v) is 6.46. The van der Waals surface area contributed by atoms with Crippen LogP contribution in [-0.4, -0.2) is 26.2 Å². The van der Waals surface area contributed by atoms with Gasteiger partial charge in [0.25, 0.3) is 0 Å². The Hall–Kier alpha value is -1.42. The fourth-order valence-corrected chi connectivity index (χ4v) is 3.52. The average Bonchev–Trinajstić information content (AvgIpc) is 2.58. The molecule has 1 N–H and O–H groups in total. The van der Waals surface area contributed by atoms with Gasteiger partial charge in [-0.1, -0.05) is 31.4 Å². The zero-order valence-corrected chi connectivity index (χ0v) is 14.0. The fraction of sp³-hybridized carbons (Fsp3) is 0.632. The summed E-state index contributed by atoms with van der Waals surface area (Å²) in [6, 6.07) is 6.68. The molecule has 1 unspecified atom stereocenters. The Morgan fingerprint density at radius 1 is 1.26 bits per heavy atom. The van der Waals surface area contributed by atoms with Crippen LogP contribution in [0.1, 0.15) is 56.4 Å². The summed E-state index contributed by atoms with van der Waals surface area (Å²) in [4.78, 5) is 12.3. The van der Waals surface area contributed by atoms with Crippen LogP contribution in [0.3, 0.4) is 0 Å². The summed E-state index contributed by atoms with van der Waals surface area (Å²) in [5.74, 6) is 0.582. The number of carbonyl (C=O) groups excluding carboxylic acids is 1. The van der Waals surface area contributed by atoms with E-state index in [1.54, 1.807) is 7.11 Å². The molecule has 1 aromatic carbocycles. The van der Waals surface area contributed by atoms with Gasteiger partial charge in [-0.05, 0) is 48.8 Å². The van der Waals surface area contributed by atoms with Crippen molar-refractivity contribution < 1.29 is 13.9 Å². The van der Waals surface area contributed by atoms with Gasteiger partial charge < -0.3 is 10.1 Å². The van der Waals surface area contributed by atoms with Crippen LogP contribution in [0, 0.1) is 11.7 Å². The van der Waals surface area contributed by atoms with Gasteiger partial charge in [-0.3, -0.25) is 4.79 Å². The first-order valence-corrected chi connectivity index (χ1v) is 8.72. The molecule has 0 aromatic heterocycles. The maximum atomic E-state index is 13.2. The van der Waals surface area contributed by atoms with Crippen molar-refractivity contribution in [1.29, 1.82) is 0 Å². The lowest BCUT2D eigenvalue weighted by molar-refractivity contribution is -0.121. The van der Waals surface area contributed by atoms with Crippen molar-refractivity contribution in [2.24, 2.45) is 5.92 Å². The van der Waals surface area contributed by atoms with E-state index >= 15 is 0 Å². The SMILES string of the molecule is COCCCNC(=O)CC(c1ccc(F)cc1)C1CCCCC1. The normalized spacial score (nSPS) is 17.0. The second kappa shape index (κ2) is 9.66. The molecule has 2 rings (SSSR count). The summed E-state index contributed by atoms with van der Waals surface area (Å²) in [5.41, 5.74) is 1.09. The third kappa shape index (κ3) is 5.94. The van der Waals surface area contributed by atoms with Crippen LogP contribution in [0.25, 0.3) is 0 Å². The van der Waals surface area contributed by atoms with Gasteiger partial charge in [0, 0.05) is 26.7 Å². The van der Waals surface area contributed by atoms with E-state index in [2.05, 4.69) is 5.32 Å². The number of halogens is 1. The van der Waals surface area contributed by atoms with E-state index in [0.29, 0.717) is 25.5 Å². The van der Waals surface area contributed by atoms with Gasteiger partial charge in [0.15, 0.2) is 0 Å². The van der Waals surface area contributed by atoms with Crippen molar-refractivity contribution in [2.75, 3.05) is 20.3 Å². The first-order valence-electron chi connectivity index (χ1n) is 8.72. The molecule has 1 aromatic rings. The molecule has 0 aliphatic heterocycles. The van der Waals surface area contributed by atoms with E-state index in [9.17, 15) is 9.18 Å². The molecule has 0 saturated heterocycles. The second-order valence-electron chi connectivity index (χ2n) is 6.46. The number of methoxy groups -OCH3 is 1. The molecule has 1 atom stereocenters. The predicted molar refractivity (Wildman–Crippen MR) is 89.8 cm³/mol. The largest absolute Gasteiger partial charge is 0.385 e. The van der Waals surface area contributed by atoms with Gasteiger partial charge in [-0.15, -0.1) is 0 Å². The number of ether oxygens (including phenoxy) is 1. The molecule has 3 nitrogen and oxygen atoms in total. The summed E-state index contributed by atoms with van der Waals surface area (Å²) in [5, 5.41) is 2.98. The van der Waals surface area contributed by atoms with E-state index in [0.717, 1.165) is 12.0 Å². The van der Waals surface area contributed by atoms with E-state index in [1.165, 1.54) is 44.2 Å². The minimum absolute atomic E-state index is 0.0843. The van der Waals surface area contributed by atoms with Crippen molar-refractivity contribution in [1.82, 2.24) is 5.32 Å². The van der Waals surface area contributed by atoms with Crippen molar-refractivity contribution >= 4 is 5.91 Å². The number of nitrogens with one attached hydrogen (secondary N) is 1. The summed E-state index contributed by atoms with van der Waals surface area (Å²) in [7, 11) is 1.66. The first-order chi connectivity index (χ1) is 11.2. The van der Waals surface area contributed by atoms with Crippen LogP contribution < -0.4 is 5.32 Å². The van der Waals surface area contributed by atoms with E-state index in [4.69, 9.17) is 4.74 Å². The van der Waals surface area contributed by atoms with E-state index in [1.807, 2.05) is 12.1 Å². The molecule has 0 bridgehead atoms.